The van der Waals surface area contributed by atoms with Crippen LogP contribution >= 0.6 is 0 Å². The molecule has 1 nitrogen and oxygen atoms in total. The highest BCUT2D eigenvalue weighted by Gasteiger charge is 2.32. The van der Waals surface area contributed by atoms with Crippen molar-refractivity contribution in [3.8, 4) is 0 Å². The van der Waals surface area contributed by atoms with E-state index in [-0.39, 0.29) is 23.6 Å². The van der Waals surface area contributed by atoms with Crippen molar-refractivity contribution >= 4 is 0 Å². The van der Waals surface area contributed by atoms with E-state index in [2.05, 4.69) is 5.32 Å². The van der Waals surface area contributed by atoms with Crippen LogP contribution in [0.3, 0.4) is 0 Å². The molecule has 15 heavy (non-hydrogen) atoms. The van der Waals surface area contributed by atoms with Gasteiger partial charge in [-0.3, -0.25) is 0 Å². The van der Waals surface area contributed by atoms with Crippen LogP contribution in [0.5, 0.6) is 0 Å². The van der Waals surface area contributed by atoms with Gasteiger partial charge in [0, 0.05) is 11.6 Å². The van der Waals surface area contributed by atoms with Crippen molar-refractivity contribution in [3.05, 3.63) is 34.9 Å². The van der Waals surface area contributed by atoms with Crippen LogP contribution in [0.4, 0.5) is 8.78 Å². The van der Waals surface area contributed by atoms with Gasteiger partial charge in [0.15, 0.2) is 0 Å². The third kappa shape index (κ3) is 1.65. The zero-order valence-electron chi connectivity index (χ0n) is 8.98. The lowest BCUT2D eigenvalue weighted by atomic mass is 10.0. The number of hydrogen-bond acceptors (Lipinski definition) is 1. The van der Waals surface area contributed by atoms with Crippen molar-refractivity contribution < 1.29 is 8.78 Å². The second-order valence-corrected chi connectivity index (χ2v) is 4.10. The smallest absolute Gasteiger partial charge is 0.128 e. The van der Waals surface area contributed by atoms with Crippen molar-refractivity contribution in [2.24, 2.45) is 0 Å². The Labute approximate surface area is 88.5 Å². The van der Waals surface area contributed by atoms with Crippen LogP contribution in [0.15, 0.2) is 12.1 Å². The van der Waals surface area contributed by atoms with Gasteiger partial charge < -0.3 is 5.32 Å². The third-order valence-corrected chi connectivity index (χ3v) is 3.06. The molecule has 1 aliphatic rings. The van der Waals surface area contributed by atoms with Gasteiger partial charge in [0.25, 0.3) is 0 Å². The second-order valence-electron chi connectivity index (χ2n) is 4.10. The number of hydrogen-bond donors (Lipinski definition) is 1. The van der Waals surface area contributed by atoms with E-state index in [9.17, 15) is 8.78 Å². The molecule has 1 aromatic rings. The fourth-order valence-electron chi connectivity index (χ4n) is 2.46. The Morgan fingerprint density at radius 1 is 1.27 bits per heavy atom. The highest BCUT2D eigenvalue weighted by atomic mass is 19.1. The summed E-state index contributed by atoms with van der Waals surface area (Å²) in [5.74, 6) is -0.472. The Hall–Kier alpha value is -0.960. The molecule has 1 aromatic carbocycles. The Kier molecular flexibility index (Phi) is 2.74. The van der Waals surface area contributed by atoms with Crippen LogP contribution in [-0.4, -0.2) is 6.54 Å². The standard InChI is InChI=1S/C12H15F2N/c1-3-15-10-6-7(2)11-8(13)4-5-9(14)12(10)11/h4-5,7,10,15H,3,6H2,1-2H3. The summed E-state index contributed by atoms with van der Waals surface area (Å²) in [6.07, 6.45) is 0.779. The molecule has 0 amide bonds. The minimum atomic E-state index is -0.290. The maximum absolute atomic E-state index is 13.6. The molecule has 2 rings (SSSR count). The Bertz CT molecular complexity index is 376. The summed E-state index contributed by atoms with van der Waals surface area (Å²) in [6.45, 7) is 4.69. The maximum Gasteiger partial charge on any atom is 0.128 e. The zero-order valence-corrected chi connectivity index (χ0v) is 8.98. The lowest BCUT2D eigenvalue weighted by molar-refractivity contribution is 0.499. The van der Waals surface area contributed by atoms with Gasteiger partial charge in [-0.05, 0) is 36.6 Å². The maximum atomic E-state index is 13.6. The molecule has 2 unspecified atom stereocenters. The fraction of sp³-hybridized carbons (Fsp3) is 0.500. The van der Waals surface area contributed by atoms with Gasteiger partial charge >= 0.3 is 0 Å². The quantitative estimate of drug-likeness (QED) is 0.792. The van der Waals surface area contributed by atoms with Gasteiger partial charge in [-0.1, -0.05) is 13.8 Å². The topological polar surface area (TPSA) is 12.0 Å². The van der Waals surface area contributed by atoms with Crippen molar-refractivity contribution in [2.75, 3.05) is 6.54 Å². The Balaban J connectivity index is 2.49. The third-order valence-electron chi connectivity index (χ3n) is 3.06. The summed E-state index contributed by atoms with van der Waals surface area (Å²) in [4.78, 5) is 0. The normalized spacial score (nSPS) is 24.3. The lowest BCUT2D eigenvalue weighted by Crippen LogP contribution is -2.19. The van der Waals surface area contributed by atoms with E-state index in [1.165, 1.54) is 12.1 Å². The number of benzene rings is 1. The summed E-state index contributed by atoms with van der Waals surface area (Å²) in [6, 6.07) is 2.41. The first-order chi connectivity index (χ1) is 7.15. The Morgan fingerprint density at radius 2 is 1.87 bits per heavy atom. The van der Waals surface area contributed by atoms with Gasteiger partial charge in [0.1, 0.15) is 11.6 Å². The molecule has 0 radical (unpaired) electrons. The molecule has 1 N–H and O–H groups in total. The summed E-state index contributed by atoms with van der Waals surface area (Å²) in [5, 5.41) is 3.19. The van der Waals surface area contributed by atoms with Gasteiger partial charge in [0.05, 0.1) is 0 Å². The average Bonchev–Trinajstić information content (AvgIpc) is 2.51. The predicted octanol–water partition coefficient (Wildman–Crippen LogP) is 3.12. The monoisotopic (exact) mass is 211 g/mol. The minimum absolute atomic E-state index is 0.0318. The molecule has 0 spiro atoms. The molecule has 0 aromatic heterocycles. The minimum Gasteiger partial charge on any atom is -0.310 e. The molecule has 0 saturated carbocycles. The largest absolute Gasteiger partial charge is 0.310 e. The zero-order chi connectivity index (χ0) is 11.0. The van der Waals surface area contributed by atoms with Crippen molar-refractivity contribution in [1.82, 2.24) is 5.32 Å². The average molecular weight is 211 g/mol. The van der Waals surface area contributed by atoms with Gasteiger partial charge in [0.2, 0.25) is 0 Å². The Morgan fingerprint density at radius 3 is 2.47 bits per heavy atom. The molecule has 82 valence electrons. The SMILES string of the molecule is CCNC1CC(C)c2c(F)ccc(F)c21. The van der Waals surface area contributed by atoms with E-state index in [1.54, 1.807) is 0 Å². The molecule has 2 atom stereocenters. The van der Waals surface area contributed by atoms with Gasteiger partial charge in [-0.15, -0.1) is 0 Å². The van der Waals surface area contributed by atoms with E-state index < -0.39 is 0 Å². The molecular weight excluding hydrogens is 196 g/mol. The molecule has 0 saturated heterocycles. The van der Waals surface area contributed by atoms with Crippen LogP contribution in [0.1, 0.15) is 43.4 Å². The fourth-order valence-corrected chi connectivity index (χ4v) is 2.46. The predicted molar refractivity (Wildman–Crippen MR) is 55.8 cm³/mol. The molecular formula is C12H15F2N. The van der Waals surface area contributed by atoms with Gasteiger partial charge in [-0.2, -0.15) is 0 Å². The first-order valence-corrected chi connectivity index (χ1v) is 5.36. The first-order valence-electron chi connectivity index (χ1n) is 5.36. The molecule has 1 aliphatic carbocycles. The highest BCUT2D eigenvalue weighted by Crippen LogP contribution is 2.42. The summed E-state index contributed by atoms with van der Waals surface area (Å²) in [7, 11) is 0. The number of rotatable bonds is 2. The van der Waals surface area contributed by atoms with Crippen LogP contribution < -0.4 is 5.32 Å². The van der Waals surface area contributed by atoms with Crippen LogP contribution in [0.25, 0.3) is 0 Å². The van der Waals surface area contributed by atoms with E-state index >= 15 is 0 Å². The van der Waals surface area contributed by atoms with E-state index in [1.807, 2.05) is 13.8 Å². The van der Waals surface area contributed by atoms with Crippen molar-refractivity contribution in [2.45, 2.75) is 32.2 Å². The number of fused-ring (bicyclic) bond motifs is 1. The molecule has 0 bridgehead atoms. The highest BCUT2D eigenvalue weighted by molar-refractivity contribution is 5.39. The van der Waals surface area contributed by atoms with Crippen molar-refractivity contribution in [1.29, 1.82) is 0 Å². The number of nitrogens with one attached hydrogen (secondary N) is 1. The lowest BCUT2D eigenvalue weighted by Gasteiger charge is -2.12. The second kappa shape index (κ2) is 3.89. The summed E-state index contributed by atoms with van der Waals surface area (Å²) >= 11 is 0. The van der Waals surface area contributed by atoms with Gasteiger partial charge in [-0.25, -0.2) is 8.78 Å². The summed E-state index contributed by atoms with van der Waals surface area (Å²) in [5.41, 5.74) is 1.09. The molecule has 0 aliphatic heterocycles. The summed E-state index contributed by atoms with van der Waals surface area (Å²) < 4.78 is 27.2. The molecule has 3 heteroatoms. The van der Waals surface area contributed by atoms with E-state index in [4.69, 9.17) is 0 Å². The van der Waals surface area contributed by atoms with E-state index in [0.717, 1.165) is 13.0 Å². The molecule has 0 fully saturated rings. The van der Waals surface area contributed by atoms with Crippen LogP contribution in [0, 0.1) is 11.6 Å². The molecule has 0 heterocycles. The first kappa shape index (κ1) is 10.6. The van der Waals surface area contributed by atoms with Crippen molar-refractivity contribution in [3.63, 3.8) is 0 Å². The van der Waals surface area contributed by atoms with Crippen LogP contribution in [0.2, 0.25) is 0 Å². The van der Waals surface area contributed by atoms with Crippen LogP contribution in [-0.2, 0) is 0 Å². The van der Waals surface area contributed by atoms with E-state index in [0.29, 0.717) is 11.1 Å². The number of halogens is 2.